The highest BCUT2D eigenvalue weighted by atomic mass is 32.2. The van der Waals surface area contributed by atoms with Gasteiger partial charge in [-0.25, -0.2) is 4.79 Å². The van der Waals surface area contributed by atoms with Crippen LogP contribution in [-0.2, 0) is 40.6 Å². The maximum Gasteiger partial charge on any atom is 0.408 e. The van der Waals surface area contributed by atoms with Crippen LogP contribution in [0.1, 0.15) is 71.3 Å². The van der Waals surface area contributed by atoms with Gasteiger partial charge in [0.15, 0.2) is 0 Å². The highest BCUT2D eigenvalue weighted by molar-refractivity contribution is 7.86. The van der Waals surface area contributed by atoms with Crippen molar-refractivity contribution in [3.63, 3.8) is 0 Å². The molecule has 0 saturated carbocycles. The molecular weight excluding hydrogens is 542 g/mol. The van der Waals surface area contributed by atoms with Crippen molar-refractivity contribution < 1.29 is 41.6 Å². The van der Waals surface area contributed by atoms with E-state index in [0.29, 0.717) is 19.4 Å². The number of benzene rings is 1. The quantitative estimate of drug-likeness (QED) is 0.129. The first kappa shape index (κ1) is 33.0. The number of rotatable bonds is 16. The number of amides is 3. The van der Waals surface area contributed by atoms with Crippen molar-refractivity contribution >= 4 is 34.0 Å². The second kappa shape index (κ2) is 16.2. The van der Waals surface area contributed by atoms with Crippen LogP contribution in [0.5, 0.6) is 0 Å². The number of alkyl carbamates (subject to hydrolysis) is 1. The first-order valence-corrected chi connectivity index (χ1v) is 15.1. The maximum absolute atomic E-state index is 13.4. The van der Waals surface area contributed by atoms with Gasteiger partial charge in [-0.05, 0) is 37.2 Å². The number of ether oxygens (including phenoxy) is 2. The fraction of sp³-hybridized carbons (Fsp3) is 0.630. The van der Waals surface area contributed by atoms with Crippen molar-refractivity contribution in [3.05, 3.63) is 35.9 Å². The Morgan fingerprint density at radius 1 is 1.12 bits per heavy atom. The van der Waals surface area contributed by atoms with E-state index < -0.39 is 51.5 Å². The zero-order valence-electron chi connectivity index (χ0n) is 23.3. The molecule has 1 aliphatic heterocycles. The molecular formula is C27H41N3O9S. The molecule has 2 rings (SSSR count). The highest BCUT2D eigenvalue weighted by Crippen LogP contribution is 2.22. The third-order valence-corrected chi connectivity index (χ3v) is 7.42. The van der Waals surface area contributed by atoms with Crippen LogP contribution in [0.4, 0.5) is 4.79 Å². The summed E-state index contributed by atoms with van der Waals surface area (Å²) in [6.07, 6.45) is 1.40. The van der Waals surface area contributed by atoms with E-state index in [4.69, 9.17) is 9.47 Å². The molecule has 13 heteroatoms. The zero-order valence-corrected chi connectivity index (χ0v) is 24.1. The van der Waals surface area contributed by atoms with Crippen LogP contribution < -0.4 is 16.0 Å². The third kappa shape index (κ3) is 11.5. The predicted molar refractivity (Wildman–Crippen MR) is 146 cm³/mol. The molecule has 0 radical (unpaired) electrons. The lowest BCUT2D eigenvalue weighted by Crippen LogP contribution is -2.55. The van der Waals surface area contributed by atoms with Crippen molar-refractivity contribution in [2.75, 3.05) is 6.54 Å². The minimum Gasteiger partial charge on any atom is -0.445 e. The molecule has 0 aliphatic carbocycles. The normalized spacial score (nSPS) is 17.4. The summed E-state index contributed by atoms with van der Waals surface area (Å²) in [4.78, 5) is 50.6. The van der Waals surface area contributed by atoms with Crippen LogP contribution in [0.2, 0.25) is 0 Å². The van der Waals surface area contributed by atoms with Crippen molar-refractivity contribution in [2.24, 2.45) is 11.8 Å². The molecule has 4 N–H and O–H groups in total. The third-order valence-electron chi connectivity index (χ3n) is 6.41. The van der Waals surface area contributed by atoms with Gasteiger partial charge in [0.2, 0.25) is 17.3 Å². The van der Waals surface area contributed by atoms with E-state index in [2.05, 4.69) is 16.0 Å². The van der Waals surface area contributed by atoms with E-state index in [1.54, 1.807) is 24.3 Å². The Labute approximate surface area is 235 Å². The van der Waals surface area contributed by atoms with Crippen LogP contribution in [0.25, 0.3) is 0 Å². The van der Waals surface area contributed by atoms with Gasteiger partial charge in [0.05, 0.1) is 6.04 Å². The molecule has 0 spiro atoms. The van der Waals surface area contributed by atoms with Crippen molar-refractivity contribution in [2.45, 2.75) is 89.8 Å². The highest BCUT2D eigenvalue weighted by Gasteiger charge is 2.41. The Balaban J connectivity index is 2.22. The standard InChI is InChI=1S/C27H41N3O9S/c1-4-5-7-12-23(31)39-26(40(35,36)37)22(16-20-13-14-28-24(20)32)29-25(33)21(15-18(2)3)30-27(34)38-17-19-10-8-6-9-11-19/h6,8-11,18,20-22,26H,4-5,7,12-17H2,1-3H3,(H,28,32)(H,29,33)(H,30,34)(H,35,36,37)/t20-,21?,22?,26?/m0/s1. The Hall–Kier alpha value is -3.19. The first-order valence-electron chi connectivity index (χ1n) is 13.6. The van der Waals surface area contributed by atoms with Gasteiger partial charge in [0.1, 0.15) is 12.6 Å². The molecule has 1 aromatic carbocycles. The van der Waals surface area contributed by atoms with Gasteiger partial charge in [0.25, 0.3) is 0 Å². The van der Waals surface area contributed by atoms with Crippen LogP contribution in [0.3, 0.4) is 0 Å². The molecule has 1 fully saturated rings. The van der Waals surface area contributed by atoms with Gasteiger partial charge in [-0.3, -0.25) is 18.9 Å². The van der Waals surface area contributed by atoms with Crippen LogP contribution >= 0.6 is 0 Å². The SMILES string of the molecule is CCCCCC(=O)OC(C(C[C@@H]1CCNC1=O)NC(=O)C(CC(C)C)NC(=O)OCc1ccccc1)S(=O)(=O)O. The minimum atomic E-state index is -5.01. The van der Waals surface area contributed by atoms with E-state index in [0.717, 1.165) is 18.4 Å². The molecule has 0 aromatic heterocycles. The molecule has 1 saturated heterocycles. The summed E-state index contributed by atoms with van der Waals surface area (Å²) in [6.45, 7) is 5.93. The number of hydrogen-bond acceptors (Lipinski definition) is 8. The Morgan fingerprint density at radius 3 is 2.40 bits per heavy atom. The fourth-order valence-corrected chi connectivity index (χ4v) is 5.19. The van der Waals surface area contributed by atoms with E-state index in [1.165, 1.54) is 0 Å². The molecule has 3 amide bonds. The van der Waals surface area contributed by atoms with Crippen LogP contribution in [0.15, 0.2) is 30.3 Å². The Bertz CT molecular complexity index is 1100. The number of carbonyl (C=O) groups is 4. The molecule has 12 nitrogen and oxygen atoms in total. The number of esters is 1. The second-order valence-electron chi connectivity index (χ2n) is 10.3. The largest absolute Gasteiger partial charge is 0.445 e. The number of hydrogen-bond donors (Lipinski definition) is 4. The summed E-state index contributed by atoms with van der Waals surface area (Å²) in [6, 6.07) is 6.36. The van der Waals surface area contributed by atoms with Gasteiger partial charge < -0.3 is 25.4 Å². The van der Waals surface area contributed by atoms with E-state index >= 15 is 0 Å². The second-order valence-corrected chi connectivity index (χ2v) is 11.8. The molecule has 40 heavy (non-hydrogen) atoms. The molecule has 3 unspecified atom stereocenters. The molecule has 4 atom stereocenters. The summed E-state index contributed by atoms with van der Waals surface area (Å²) < 4.78 is 45.1. The van der Waals surface area contributed by atoms with Crippen molar-refractivity contribution in [3.8, 4) is 0 Å². The first-order chi connectivity index (χ1) is 18.9. The summed E-state index contributed by atoms with van der Waals surface area (Å²) in [5.74, 6) is -2.71. The van der Waals surface area contributed by atoms with E-state index in [9.17, 15) is 32.1 Å². The molecule has 1 heterocycles. The van der Waals surface area contributed by atoms with Gasteiger partial charge in [0, 0.05) is 18.9 Å². The monoisotopic (exact) mass is 583 g/mol. The number of nitrogens with one attached hydrogen (secondary N) is 3. The predicted octanol–water partition coefficient (Wildman–Crippen LogP) is 2.68. The lowest BCUT2D eigenvalue weighted by Gasteiger charge is -2.29. The lowest BCUT2D eigenvalue weighted by molar-refractivity contribution is -0.148. The molecule has 1 aromatic rings. The lowest BCUT2D eigenvalue weighted by atomic mass is 9.97. The maximum atomic E-state index is 13.4. The van der Waals surface area contributed by atoms with E-state index in [1.807, 2.05) is 26.8 Å². The summed E-state index contributed by atoms with van der Waals surface area (Å²) in [5.41, 5.74) is -1.39. The van der Waals surface area contributed by atoms with Gasteiger partial charge in [-0.2, -0.15) is 8.42 Å². The summed E-state index contributed by atoms with van der Waals surface area (Å²) in [5, 5.41) is 7.67. The van der Waals surface area contributed by atoms with Gasteiger partial charge >= 0.3 is 22.2 Å². The molecule has 224 valence electrons. The molecule has 1 aliphatic rings. The van der Waals surface area contributed by atoms with E-state index in [-0.39, 0.29) is 37.7 Å². The average Bonchev–Trinajstić information content (AvgIpc) is 3.29. The summed E-state index contributed by atoms with van der Waals surface area (Å²) in [7, 11) is -5.01. The number of unbranched alkanes of at least 4 members (excludes halogenated alkanes) is 2. The molecule has 0 bridgehead atoms. The van der Waals surface area contributed by atoms with Crippen LogP contribution in [-0.4, -0.2) is 60.9 Å². The minimum absolute atomic E-state index is 0.0269. The fourth-order valence-electron chi connectivity index (χ4n) is 4.37. The van der Waals surface area contributed by atoms with Crippen molar-refractivity contribution in [1.29, 1.82) is 0 Å². The van der Waals surface area contributed by atoms with Crippen molar-refractivity contribution in [1.82, 2.24) is 16.0 Å². The Morgan fingerprint density at radius 2 is 1.82 bits per heavy atom. The smallest absolute Gasteiger partial charge is 0.408 e. The van der Waals surface area contributed by atoms with Gasteiger partial charge in [-0.1, -0.05) is 63.9 Å². The Kier molecular flexibility index (Phi) is 13.3. The summed E-state index contributed by atoms with van der Waals surface area (Å²) >= 11 is 0. The zero-order chi connectivity index (χ0) is 29.7. The van der Waals surface area contributed by atoms with Crippen LogP contribution in [0, 0.1) is 11.8 Å². The number of carbonyl (C=O) groups excluding carboxylic acids is 4. The average molecular weight is 584 g/mol. The topological polar surface area (TPSA) is 177 Å². The van der Waals surface area contributed by atoms with Gasteiger partial charge in [-0.15, -0.1) is 0 Å².